The van der Waals surface area contributed by atoms with Gasteiger partial charge in [0.1, 0.15) is 0 Å². The average molecular weight is 257 g/mol. The smallest absolute Gasteiger partial charge is 0.226 e. The lowest BCUT2D eigenvalue weighted by Crippen LogP contribution is -2.09. The Morgan fingerprint density at radius 3 is 2.82 bits per heavy atom. The third-order valence-electron chi connectivity index (χ3n) is 2.82. The van der Waals surface area contributed by atoms with Gasteiger partial charge in [-0.05, 0) is 31.6 Å². The van der Waals surface area contributed by atoms with E-state index in [9.17, 15) is 0 Å². The third kappa shape index (κ3) is 5.55. The van der Waals surface area contributed by atoms with Crippen molar-refractivity contribution in [1.29, 1.82) is 0 Å². The molecule has 2 N–H and O–H groups in total. The van der Waals surface area contributed by atoms with Crippen molar-refractivity contribution in [2.24, 2.45) is 11.7 Å². The summed E-state index contributed by atoms with van der Waals surface area (Å²) in [6.45, 7) is 2.99. The van der Waals surface area contributed by atoms with Crippen molar-refractivity contribution >= 4 is 11.8 Å². The molecule has 1 heterocycles. The Balaban J connectivity index is 2.35. The van der Waals surface area contributed by atoms with Gasteiger partial charge >= 0.3 is 0 Å². The molecule has 0 fully saturated rings. The molecule has 1 atom stereocenters. The van der Waals surface area contributed by atoms with Crippen molar-refractivity contribution in [3.63, 3.8) is 0 Å². The van der Waals surface area contributed by atoms with E-state index in [0.717, 1.165) is 43.3 Å². The van der Waals surface area contributed by atoms with Gasteiger partial charge < -0.3 is 10.3 Å². The van der Waals surface area contributed by atoms with Crippen LogP contribution in [0.25, 0.3) is 0 Å². The van der Waals surface area contributed by atoms with Gasteiger partial charge in [0.05, 0.1) is 5.75 Å². The zero-order valence-electron chi connectivity index (χ0n) is 10.8. The second-order valence-corrected chi connectivity index (χ2v) is 5.17. The van der Waals surface area contributed by atoms with Gasteiger partial charge in [0.15, 0.2) is 5.82 Å². The van der Waals surface area contributed by atoms with Crippen molar-refractivity contribution in [3.8, 4) is 0 Å². The van der Waals surface area contributed by atoms with E-state index in [2.05, 4.69) is 17.1 Å². The largest absolute Gasteiger partial charge is 0.339 e. The summed E-state index contributed by atoms with van der Waals surface area (Å²) in [7, 11) is 0. The van der Waals surface area contributed by atoms with E-state index in [1.165, 1.54) is 12.8 Å². The second kappa shape index (κ2) is 8.53. The van der Waals surface area contributed by atoms with Crippen LogP contribution < -0.4 is 5.73 Å². The normalized spacial score (nSPS) is 12.9. The van der Waals surface area contributed by atoms with Gasteiger partial charge in [-0.1, -0.05) is 24.9 Å². The third-order valence-corrected chi connectivity index (χ3v) is 3.37. The van der Waals surface area contributed by atoms with E-state index in [1.807, 2.05) is 6.26 Å². The lowest BCUT2D eigenvalue weighted by Gasteiger charge is -2.13. The molecule has 0 aromatic carbocycles. The Morgan fingerprint density at radius 1 is 1.35 bits per heavy atom. The van der Waals surface area contributed by atoms with Crippen LogP contribution in [0.1, 0.15) is 44.3 Å². The van der Waals surface area contributed by atoms with Gasteiger partial charge in [-0.15, -0.1) is 0 Å². The van der Waals surface area contributed by atoms with Crippen LogP contribution in [0.2, 0.25) is 0 Å². The lowest BCUT2D eigenvalue weighted by atomic mass is 9.94. The molecule has 1 aromatic heterocycles. The highest BCUT2D eigenvalue weighted by atomic mass is 32.2. The van der Waals surface area contributed by atoms with Crippen molar-refractivity contribution in [3.05, 3.63) is 11.7 Å². The van der Waals surface area contributed by atoms with Crippen LogP contribution in [0.3, 0.4) is 0 Å². The Kier molecular flexibility index (Phi) is 7.28. The molecule has 0 aliphatic carbocycles. The minimum atomic E-state index is 0.695. The van der Waals surface area contributed by atoms with Crippen LogP contribution in [-0.4, -0.2) is 22.9 Å². The molecule has 0 bridgehead atoms. The van der Waals surface area contributed by atoms with Crippen molar-refractivity contribution in [2.45, 2.75) is 44.8 Å². The molecule has 1 rings (SSSR count). The molecule has 0 saturated heterocycles. The summed E-state index contributed by atoms with van der Waals surface area (Å²) in [4.78, 5) is 4.36. The number of nitrogens with two attached hydrogens (primary N) is 1. The Bertz CT molecular complexity index is 298. The molecule has 4 nitrogen and oxygen atoms in total. The standard InChI is InChI=1S/C12H23N3OS/c1-3-4-10(7-8-13)5-6-12-14-11(9-17-2)15-16-12/h10H,3-9,13H2,1-2H3. The van der Waals surface area contributed by atoms with Crippen LogP contribution in [-0.2, 0) is 12.2 Å². The maximum Gasteiger partial charge on any atom is 0.226 e. The summed E-state index contributed by atoms with van der Waals surface area (Å²) in [5, 5.41) is 3.94. The molecule has 0 spiro atoms. The fourth-order valence-electron chi connectivity index (χ4n) is 1.98. The second-order valence-electron chi connectivity index (χ2n) is 4.31. The first kappa shape index (κ1) is 14.5. The van der Waals surface area contributed by atoms with Crippen LogP contribution >= 0.6 is 11.8 Å². The van der Waals surface area contributed by atoms with E-state index in [0.29, 0.717) is 5.92 Å². The van der Waals surface area contributed by atoms with Crippen molar-refractivity contribution < 1.29 is 4.52 Å². The quantitative estimate of drug-likeness (QED) is 0.736. The summed E-state index contributed by atoms with van der Waals surface area (Å²) in [6.07, 6.45) is 7.57. The highest BCUT2D eigenvalue weighted by Crippen LogP contribution is 2.17. The lowest BCUT2D eigenvalue weighted by molar-refractivity contribution is 0.347. The minimum absolute atomic E-state index is 0.695. The number of thioether (sulfide) groups is 1. The fraction of sp³-hybridized carbons (Fsp3) is 0.833. The van der Waals surface area contributed by atoms with Crippen LogP contribution in [0, 0.1) is 5.92 Å². The molecule has 0 aliphatic rings. The molecule has 1 aromatic rings. The minimum Gasteiger partial charge on any atom is -0.339 e. The Labute approximate surface area is 108 Å². The number of hydrogen-bond donors (Lipinski definition) is 1. The van der Waals surface area contributed by atoms with E-state index in [1.54, 1.807) is 11.8 Å². The molecular weight excluding hydrogens is 234 g/mol. The highest BCUT2D eigenvalue weighted by molar-refractivity contribution is 7.97. The topological polar surface area (TPSA) is 64.9 Å². The zero-order chi connectivity index (χ0) is 12.5. The van der Waals surface area contributed by atoms with Gasteiger partial charge in [-0.3, -0.25) is 0 Å². The van der Waals surface area contributed by atoms with Crippen molar-refractivity contribution in [1.82, 2.24) is 10.1 Å². The molecule has 98 valence electrons. The monoisotopic (exact) mass is 257 g/mol. The van der Waals surface area contributed by atoms with E-state index in [4.69, 9.17) is 10.3 Å². The summed E-state index contributed by atoms with van der Waals surface area (Å²) < 4.78 is 5.22. The first-order valence-corrected chi connectivity index (χ1v) is 7.70. The van der Waals surface area contributed by atoms with Crippen LogP contribution in [0.4, 0.5) is 0 Å². The fourth-order valence-corrected chi connectivity index (χ4v) is 2.36. The number of aryl methyl sites for hydroxylation is 1. The van der Waals surface area contributed by atoms with Gasteiger partial charge in [-0.25, -0.2) is 0 Å². The first-order chi connectivity index (χ1) is 8.30. The molecule has 0 amide bonds. The Hall–Kier alpha value is -0.550. The predicted molar refractivity (Wildman–Crippen MR) is 71.9 cm³/mol. The number of rotatable bonds is 9. The molecule has 0 aliphatic heterocycles. The van der Waals surface area contributed by atoms with Crippen molar-refractivity contribution in [2.75, 3.05) is 12.8 Å². The van der Waals surface area contributed by atoms with E-state index < -0.39 is 0 Å². The van der Waals surface area contributed by atoms with Crippen LogP contribution in [0.15, 0.2) is 4.52 Å². The van der Waals surface area contributed by atoms with Gasteiger partial charge in [0, 0.05) is 6.42 Å². The molecule has 5 heteroatoms. The number of nitrogens with zero attached hydrogens (tertiary/aromatic N) is 2. The SMILES string of the molecule is CCCC(CCN)CCc1nc(CSC)no1. The zero-order valence-corrected chi connectivity index (χ0v) is 11.6. The van der Waals surface area contributed by atoms with E-state index >= 15 is 0 Å². The highest BCUT2D eigenvalue weighted by Gasteiger charge is 2.11. The van der Waals surface area contributed by atoms with Gasteiger partial charge in [0.2, 0.25) is 5.89 Å². The number of hydrogen-bond acceptors (Lipinski definition) is 5. The predicted octanol–water partition coefficient (Wildman–Crippen LogP) is 2.63. The average Bonchev–Trinajstić information content (AvgIpc) is 2.75. The van der Waals surface area contributed by atoms with Gasteiger partial charge in [0.25, 0.3) is 0 Å². The van der Waals surface area contributed by atoms with Gasteiger partial charge in [-0.2, -0.15) is 16.7 Å². The van der Waals surface area contributed by atoms with E-state index in [-0.39, 0.29) is 0 Å². The first-order valence-electron chi connectivity index (χ1n) is 6.30. The molecular formula is C12H23N3OS. The summed E-state index contributed by atoms with van der Waals surface area (Å²) in [5.41, 5.74) is 5.62. The summed E-state index contributed by atoms with van der Waals surface area (Å²) in [5.74, 6) is 3.09. The maximum atomic E-state index is 5.62. The maximum absolute atomic E-state index is 5.62. The summed E-state index contributed by atoms with van der Waals surface area (Å²) >= 11 is 1.71. The van der Waals surface area contributed by atoms with Crippen LogP contribution in [0.5, 0.6) is 0 Å². The molecule has 0 saturated carbocycles. The Morgan fingerprint density at radius 2 is 2.18 bits per heavy atom. The molecule has 17 heavy (non-hydrogen) atoms. The molecule has 1 unspecified atom stereocenters. The number of aromatic nitrogens is 2. The summed E-state index contributed by atoms with van der Waals surface area (Å²) in [6, 6.07) is 0. The molecule has 0 radical (unpaired) electrons.